The molecule has 6 nitrogen and oxygen atoms in total. The maximum atomic E-state index is 11.0. The number of carboxylic acid groups (broad SMARTS) is 2. The van der Waals surface area contributed by atoms with Gasteiger partial charge in [0.05, 0.1) is 0 Å². The number of aliphatic hydroxyl groups is 2. The van der Waals surface area contributed by atoms with Gasteiger partial charge in [-0.1, -0.05) is 19.3 Å². The quantitative estimate of drug-likeness (QED) is 0.535. The van der Waals surface area contributed by atoms with Crippen molar-refractivity contribution in [2.75, 3.05) is 0 Å². The number of rotatable bonds is 4. The first-order valence-electron chi connectivity index (χ1n) is 5.27. The van der Waals surface area contributed by atoms with Crippen LogP contribution in [0.5, 0.6) is 0 Å². The van der Waals surface area contributed by atoms with Crippen LogP contribution in [0.2, 0.25) is 0 Å². The molecule has 1 fully saturated rings. The molecule has 0 aromatic heterocycles. The number of hydrogen-bond donors (Lipinski definition) is 4. The fourth-order valence-corrected chi connectivity index (χ4v) is 2.25. The van der Waals surface area contributed by atoms with Gasteiger partial charge in [0.15, 0.2) is 6.10 Å². The molecule has 0 radical (unpaired) electrons. The topological polar surface area (TPSA) is 115 Å². The Balaban J connectivity index is 2.94. The minimum Gasteiger partial charge on any atom is -0.479 e. The van der Waals surface area contributed by atoms with Crippen molar-refractivity contribution in [1.29, 1.82) is 0 Å². The molecule has 16 heavy (non-hydrogen) atoms. The van der Waals surface area contributed by atoms with E-state index in [0.717, 1.165) is 19.3 Å². The third-order valence-electron chi connectivity index (χ3n) is 3.22. The lowest BCUT2D eigenvalue weighted by molar-refractivity contribution is -0.194. The molecule has 0 unspecified atom stereocenters. The van der Waals surface area contributed by atoms with Crippen molar-refractivity contribution in [3.8, 4) is 0 Å². The summed E-state index contributed by atoms with van der Waals surface area (Å²) in [7, 11) is 0. The number of carboxylic acids is 2. The molecule has 4 N–H and O–H groups in total. The molecule has 6 heteroatoms. The Labute approximate surface area is 92.5 Å². The van der Waals surface area contributed by atoms with Crippen LogP contribution < -0.4 is 0 Å². The Kier molecular flexibility index (Phi) is 3.88. The van der Waals surface area contributed by atoms with Gasteiger partial charge < -0.3 is 20.4 Å². The highest BCUT2D eigenvalue weighted by Gasteiger charge is 2.53. The predicted octanol–water partition coefficient (Wildman–Crippen LogP) is -0.172. The normalized spacial score (nSPS) is 23.4. The standard InChI is InChI=1S/C10H16O6/c11-7(8(12)13)10(16,9(14)15)6-4-2-1-3-5-6/h6-7,11,16H,1-5H2,(H,12,13)(H,14,15)/t7-,10+/m1/s1. The zero-order valence-electron chi connectivity index (χ0n) is 8.80. The molecule has 1 saturated carbocycles. The largest absolute Gasteiger partial charge is 0.479 e. The molecule has 0 saturated heterocycles. The fraction of sp³-hybridized carbons (Fsp3) is 0.800. The lowest BCUT2D eigenvalue weighted by Gasteiger charge is -2.36. The van der Waals surface area contributed by atoms with E-state index in [-0.39, 0.29) is 0 Å². The van der Waals surface area contributed by atoms with Crippen molar-refractivity contribution in [3.05, 3.63) is 0 Å². The summed E-state index contributed by atoms with van der Waals surface area (Å²) in [5.74, 6) is -4.09. The Morgan fingerprint density at radius 1 is 1.12 bits per heavy atom. The minimum absolute atomic E-state index is 0.424. The number of hydrogen-bond acceptors (Lipinski definition) is 4. The second kappa shape index (κ2) is 4.80. The van der Waals surface area contributed by atoms with Gasteiger partial charge in [0, 0.05) is 5.92 Å². The zero-order chi connectivity index (χ0) is 12.3. The van der Waals surface area contributed by atoms with Gasteiger partial charge in [-0.15, -0.1) is 0 Å². The van der Waals surface area contributed by atoms with Gasteiger partial charge in [0.2, 0.25) is 5.60 Å². The van der Waals surface area contributed by atoms with Crippen molar-refractivity contribution in [2.45, 2.75) is 43.8 Å². The summed E-state index contributed by atoms with van der Waals surface area (Å²) in [6, 6.07) is 0. The Bertz CT molecular complexity index is 283. The second-order valence-corrected chi connectivity index (χ2v) is 4.21. The molecular weight excluding hydrogens is 216 g/mol. The van der Waals surface area contributed by atoms with Crippen molar-refractivity contribution < 1.29 is 30.0 Å². The Morgan fingerprint density at radius 3 is 2.00 bits per heavy atom. The van der Waals surface area contributed by atoms with Gasteiger partial charge in [-0.05, 0) is 12.8 Å². The van der Waals surface area contributed by atoms with E-state index < -0.39 is 29.6 Å². The van der Waals surface area contributed by atoms with Gasteiger partial charge in [0.1, 0.15) is 0 Å². The molecule has 0 aromatic rings. The van der Waals surface area contributed by atoms with Crippen LogP contribution in [0.1, 0.15) is 32.1 Å². The second-order valence-electron chi connectivity index (χ2n) is 4.21. The summed E-state index contributed by atoms with van der Waals surface area (Å²) in [5.41, 5.74) is -2.58. The van der Waals surface area contributed by atoms with Gasteiger partial charge >= 0.3 is 11.9 Å². The van der Waals surface area contributed by atoms with Crippen molar-refractivity contribution >= 4 is 11.9 Å². The average molecular weight is 232 g/mol. The summed E-state index contributed by atoms with van der Waals surface area (Å²) in [5, 5.41) is 36.8. The molecule has 0 bridgehead atoms. The van der Waals surface area contributed by atoms with Crippen molar-refractivity contribution in [2.24, 2.45) is 5.92 Å². The van der Waals surface area contributed by atoms with Gasteiger partial charge in [-0.2, -0.15) is 0 Å². The van der Waals surface area contributed by atoms with Crippen LogP contribution in [-0.2, 0) is 9.59 Å². The van der Waals surface area contributed by atoms with Crippen molar-refractivity contribution in [1.82, 2.24) is 0 Å². The van der Waals surface area contributed by atoms with Crippen LogP contribution >= 0.6 is 0 Å². The molecule has 0 amide bonds. The molecule has 1 aliphatic rings. The van der Waals surface area contributed by atoms with Gasteiger partial charge in [0.25, 0.3) is 0 Å². The number of carbonyl (C=O) groups is 2. The summed E-state index contributed by atoms with van der Waals surface area (Å²) in [6.07, 6.45) is 0.988. The molecule has 1 rings (SSSR count). The monoisotopic (exact) mass is 232 g/mol. The van der Waals surface area contributed by atoms with E-state index in [4.69, 9.17) is 10.2 Å². The molecule has 2 atom stereocenters. The molecule has 0 heterocycles. The van der Waals surface area contributed by atoms with Gasteiger partial charge in [-0.3, -0.25) is 0 Å². The van der Waals surface area contributed by atoms with E-state index >= 15 is 0 Å². The van der Waals surface area contributed by atoms with Crippen LogP contribution in [0.15, 0.2) is 0 Å². The summed E-state index contributed by atoms with van der Waals surface area (Å²) in [4.78, 5) is 21.6. The molecule has 92 valence electrons. The van der Waals surface area contributed by atoms with Crippen molar-refractivity contribution in [3.63, 3.8) is 0 Å². The molecule has 0 aliphatic heterocycles. The van der Waals surface area contributed by atoms with Crippen LogP contribution in [0, 0.1) is 5.92 Å². The summed E-state index contributed by atoms with van der Waals surface area (Å²) >= 11 is 0. The fourth-order valence-electron chi connectivity index (χ4n) is 2.25. The Hall–Kier alpha value is -1.14. The molecular formula is C10H16O6. The van der Waals surface area contributed by atoms with E-state index in [0.29, 0.717) is 12.8 Å². The highest BCUT2D eigenvalue weighted by molar-refractivity contribution is 5.87. The zero-order valence-corrected chi connectivity index (χ0v) is 8.80. The number of aliphatic hydroxyl groups excluding tert-OH is 1. The molecule has 0 aromatic carbocycles. The molecule has 0 spiro atoms. The lowest BCUT2D eigenvalue weighted by atomic mass is 9.74. The first kappa shape index (κ1) is 12.9. The van der Waals surface area contributed by atoms with E-state index in [2.05, 4.69) is 0 Å². The van der Waals surface area contributed by atoms with Crippen LogP contribution in [0.3, 0.4) is 0 Å². The summed E-state index contributed by atoms with van der Waals surface area (Å²) in [6.45, 7) is 0. The van der Waals surface area contributed by atoms with E-state index in [1.54, 1.807) is 0 Å². The van der Waals surface area contributed by atoms with Gasteiger partial charge in [-0.25, -0.2) is 9.59 Å². The van der Waals surface area contributed by atoms with E-state index in [1.807, 2.05) is 0 Å². The van der Waals surface area contributed by atoms with E-state index in [9.17, 15) is 19.8 Å². The van der Waals surface area contributed by atoms with Crippen LogP contribution in [0.4, 0.5) is 0 Å². The minimum atomic E-state index is -2.58. The highest BCUT2D eigenvalue weighted by atomic mass is 16.4. The number of aliphatic carboxylic acids is 2. The lowest BCUT2D eigenvalue weighted by Crippen LogP contribution is -2.58. The van der Waals surface area contributed by atoms with Crippen LogP contribution in [0.25, 0.3) is 0 Å². The average Bonchev–Trinajstić information content (AvgIpc) is 2.27. The first-order chi connectivity index (χ1) is 7.40. The Morgan fingerprint density at radius 2 is 1.62 bits per heavy atom. The first-order valence-corrected chi connectivity index (χ1v) is 5.27. The predicted molar refractivity (Wildman–Crippen MR) is 52.8 cm³/mol. The smallest absolute Gasteiger partial charge is 0.339 e. The third-order valence-corrected chi connectivity index (χ3v) is 3.22. The van der Waals surface area contributed by atoms with Crippen LogP contribution in [-0.4, -0.2) is 44.1 Å². The summed E-state index contributed by atoms with van der Waals surface area (Å²) < 4.78 is 0. The SMILES string of the molecule is O=C(O)[C@@H](O)[C@](O)(C(=O)O)C1CCCCC1. The van der Waals surface area contributed by atoms with E-state index in [1.165, 1.54) is 0 Å². The maximum Gasteiger partial charge on any atom is 0.339 e. The molecule has 1 aliphatic carbocycles. The maximum absolute atomic E-state index is 11.0. The highest BCUT2D eigenvalue weighted by Crippen LogP contribution is 2.35. The third kappa shape index (κ3) is 2.17.